The summed E-state index contributed by atoms with van der Waals surface area (Å²) in [6.07, 6.45) is 4.78. The summed E-state index contributed by atoms with van der Waals surface area (Å²) in [6, 6.07) is 23.1. The van der Waals surface area contributed by atoms with Crippen LogP contribution in [0, 0.1) is 0 Å². The monoisotopic (exact) mass is 425 g/mol. The Morgan fingerprint density at radius 3 is 2.44 bits per heavy atom. The Bertz CT molecular complexity index is 1170. The first kappa shape index (κ1) is 20.7. The summed E-state index contributed by atoms with van der Waals surface area (Å²) in [4.78, 5) is 28.3. The van der Waals surface area contributed by atoms with E-state index in [1.165, 1.54) is 17.5 Å². The van der Waals surface area contributed by atoms with Gasteiger partial charge in [-0.15, -0.1) is 0 Å². The summed E-state index contributed by atoms with van der Waals surface area (Å²) in [5.74, 6) is -0.616. The van der Waals surface area contributed by atoms with E-state index in [9.17, 15) is 14.7 Å². The number of carbonyl (C=O) groups is 2. The van der Waals surface area contributed by atoms with Crippen LogP contribution in [0.15, 0.2) is 72.8 Å². The summed E-state index contributed by atoms with van der Waals surface area (Å²) in [5.41, 5.74) is 3.60. The van der Waals surface area contributed by atoms with Crippen molar-refractivity contribution in [2.75, 3.05) is 11.4 Å². The maximum absolute atomic E-state index is 13.4. The molecule has 4 heteroatoms. The first-order chi connectivity index (χ1) is 15.6. The smallest absolute Gasteiger partial charge is 0.264 e. The molecular formula is C28H27NO3. The highest BCUT2D eigenvalue weighted by Gasteiger charge is 2.50. The summed E-state index contributed by atoms with van der Waals surface area (Å²) in [7, 11) is 0. The van der Waals surface area contributed by atoms with Crippen LogP contribution < -0.4 is 4.90 Å². The van der Waals surface area contributed by atoms with Crippen molar-refractivity contribution in [1.29, 1.82) is 0 Å². The SMILES string of the molecule is O=C(CC1(O)C(=O)N(CCc2ccccc2)c2ccccc21)c1ccc2c(c1)CCCC2. The van der Waals surface area contributed by atoms with Crippen LogP contribution in [0.5, 0.6) is 0 Å². The Morgan fingerprint density at radius 1 is 0.906 bits per heavy atom. The van der Waals surface area contributed by atoms with Crippen molar-refractivity contribution in [3.8, 4) is 0 Å². The van der Waals surface area contributed by atoms with Crippen molar-refractivity contribution in [3.63, 3.8) is 0 Å². The predicted octanol–water partition coefficient (Wildman–Crippen LogP) is 4.62. The summed E-state index contributed by atoms with van der Waals surface area (Å²) in [5, 5.41) is 11.5. The van der Waals surface area contributed by atoms with Crippen LogP contribution in [-0.4, -0.2) is 23.3 Å². The molecule has 1 aliphatic carbocycles. The molecular weight excluding hydrogens is 398 g/mol. The van der Waals surface area contributed by atoms with Gasteiger partial charge in [0.2, 0.25) is 0 Å². The Kier molecular flexibility index (Phi) is 5.40. The van der Waals surface area contributed by atoms with Crippen molar-refractivity contribution in [2.45, 2.75) is 44.1 Å². The van der Waals surface area contributed by atoms with Gasteiger partial charge in [-0.1, -0.05) is 60.7 Å². The molecule has 4 nitrogen and oxygen atoms in total. The van der Waals surface area contributed by atoms with Crippen molar-refractivity contribution >= 4 is 17.4 Å². The number of fused-ring (bicyclic) bond motifs is 2. The van der Waals surface area contributed by atoms with Crippen LogP contribution >= 0.6 is 0 Å². The average molecular weight is 426 g/mol. The molecule has 1 atom stereocenters. The molecule has 1 heterocycles. The summed E-state index contributed by atoms with van der Waals surface area (Å²) < 4.78 is 0. The van der Waals surface area contributed by atoms with Gasteiger partial charge in [-0.3, -0.25) is 9.59 Å². The van der Waals surface area contributed by atoms with Crippen LogP contribution in [0.3, 0.4) is 0 Å². The van der Waals surface area contributed by atoms with E-state index >= 15 is 0 Å². The second-order valence-corrected chi connectivity index (χ2v) is 8.86. The zero-order chi connectivity index (χ0) is 22.1. The zero-order valence-corrected chi connectivity index (χ0v) is 18.1. The number of Topliss-reactive ketones (excluding diaryl/α,β-unsaturated/α-hetero) is 1. The number of nitrogens with zero attached hydrogens (tertiary/aromatic N) is 1. The lowest BCUT2D eigenvalue weighted by atomic mass is 9.85. The maximum Gasteiger partial charge on any atom is 0.264 e. The molecule has 0 fully saturated rings. The third-order valence-electron chi connectivity index (χ3n) is 6.79. The molecule has 3 aromatic carbocycles. The molecule has 32 heavy (non-hydrogen) atoms. The summed E-state index contributed by atoms with van der Waals surface area (Å²) in [6.45, 7) is 0.454. The van der Waals surface area contributed by atoms with Gasteiger partial charge in [0.25, 0.3) is 5.91 Å². The highest BCUT2D eigenvalue weighted by Crippen LogP contribution is 2.43. The van der Waals surface area contributed by atoms with Gasteiger partial charge < -0.3 is 10.0 Å². The van der Waals surface area contributed by atoms with E-state index in [0.29, 0.717) is 29.8 Å². The quantitative estimate of drug-likeness (QED) is 0.587. The lowest BCUT2D eigenvalue weighted by molar-refractivity contribution is -0.135. The van der Waals surface area contributed by atoms with E-state index in [0.717, 1.165) is 24.8 Å². The van der Waals surface area contributed by atoms with Crippen molar-refractivity contribution in [2.24, 2.45) is 0 Å². The van der Waals surface area contributed by atoms with E-state index in [-0.39, 0.29) is 12.2 Å². The van der Waals surface area contributed by atoms with Crippen LogP contribution in [0.1, 0.15) is 51.9 Å². The predicted molar refractivity (Wildman–Crippen MR) is 125 cm³/mol. The molecule has 3 aromatic rings. The highest BCUT2D eigenvalue weighted by atomic mass is 16.3. The van der Waals surface area contributed by atoms with Crippen LogP contribution in [0.2, 0.25) is 0 Å². The third-order valence-corrected chi connectivity index (χ3v) is 6.79. The van der Waals surface area contributed by atoms with Gasteiger partial charge in [0, 0.05) is 17.7 Å². The highest BCUT2D eigenvalue weighted by molar-refractivity contribution is 6.10. The molecule has 0 aromatic heterocycles. The Morgan fingerprint density at radius 2 is 1.62 bits per heavy atom. The first-order valence-electron chi connectivity index (χ1n) is 11.4. The van der Waals surface area contributed by atoms with E-state index in [1.54, 1.807) is 17.0 Å². The number of aliphatic hydroxyl groups is 1. The van der Waals surface area contributed by atoms with Gasteiger partial charge in [0.05, 0.1) is 12.1 Å². The average Bonchev–Trinajstić information content (AvgIpc) is 3.04. The van der Waals surface area contributed by atoms with Crippen molar-refractivity contribution in [3.05, 3.63) is 101 Å². The number of aryl methyl sites for hydroxylation is 2. The van der Waals surface area contributed by atoms with Gasteiger partial charge in [0.15, 0.2) is 11.4 Å². The fourth-order valence-electron chi connectivity index (χ4n) is 5.03. The number of carbonyl (C=O) groups excluding carboxylic acids is 2. The molecule has 1 aliphatic heterocycles. The van der Waals surface area contributed by atoms with Gasteiger partial charge in [-0.25, -0.2) is 0 Å². The molecule has 5 rings (SSSR count). The molecule has 0 spiro atoms. The van der Waals surface area contributed by atoms with E-state index in [2.05, 4.69) is 0 Å². The number of hydrogen-bond donors (Lipinski definition) is 1. The number of ketones is 1. The van der Waals surface area contributed by atoms with Crippen LogP contribution in [-0.2, 0) is 29.7 Å². The molecule has 0 bridgehead atoms. The number of amides is 1. The number of benzene rings is 3. The second-order valence-electron chi connectivity index (χ2n) is 8.86. The Labute approximate surface area is 188 Å². The molecule has 1 N–H and O–H groups in total. The minimum Gasteiger partial charge on any atom is -0.375 e. The molecule has 2 aliphatic rings. The maximum atomic E-state index is 13.4. The van der Waals surface area contributed by atoms with Gasteiger partial charge in [-0.05, 0) is 60.9 Å². The van der Waals surface area contributed by atoms with Gasteiger partial charge in [0.1, 0.15) is 0 Å². The zero-order valence-electron chi connectivity index (χ0n) is 18.1. The second kappa shape index (κ2) is 8.36. The van der Waals surface area contributed by atoms with E-state index in [4.69, 9.17) is 0 Å². The molecule has 0 radical (unpaired) electrons. The standard InChI is InChI=1S/C28H27NO3/c30-26(23-15-14-21-10-4-5-11-22(21)18-23)19-28(32)24-12-6-7-13-25(24)29(27(28)31)17-16-20-8-2-1-3-9-20/h1-3,6-9,12-15,18,32H,4-5,10-11,16-17,19H2. The minimum atomic E-state index is -1.83. The third kappa shape index (κ3) is 3.65. The largest absolute Gasteiger partial charge is 0.375 e. The lowest BCUT2D eigenvalue weighted by Gasteiger charge is -2.23. The van der Waals surface area contributed by atoms with Crippen molar-refractivity contribution < 1.29 is 14.7 Å². The topological polar surface area (TPSA) is 57.6 Å². The molecule has 0 saturated carbocycles. The fourth-order valence-corrected chi connectivity index (χ4v) is 5.03. The summed E-state index contributed by atoms with van der Waals surface area (Å²) >= 11 is 0. The molecule has 162 valence electrons. The van der Waals surface area contributed by atoms with E-state index < -0.39 is 11.5 Å². The number of anilines is 1. The van der Waals surface area contributed by atoms with Crippen LogP contribution in [0.4, 0.5) is 5.69 Å². The number of rotatable bonds is 6. The molecule has 1 amide bonds. The Balaban J connectivity index is 1.40. The molecule has 0 saturated heterocycles. The minimum absolute atomic E-state index is 0.200. The van der Waals surface area contributed by atoms with E-state index in [1.807, 2.05) is 60.7 Å². The van der Waals surface area contributed by atoms with Crippen molar-refractivity contribution in [1.82, 2.24) is 0 Å². The van der Waals surface area contributed by atoms with Crippen LogP contribution in [0.25, 0.3) is 0 Å². The number of para-hydroxylation sites is 1. The normalized spacial score (nSPS) is 19.5. The Hall–Kier alpha value is -3.24. The van der Waals surface area contributed by atoms with Gasteiger partial charge >= 0.3 is 0 Å². The number of hydrogen-bond acceptors (Lipinski definition) is 3. The van der Waals surface area contributed by atoms with Gasteiger partial charge in [-0.2, -0.15) is 0 Å². The fraction of sp³-hybridized carbons (Fsp3) is 0.286. The molecule has 1 unspecified atom stereocenters. The lowest BCUT2D eigenvalue weighted by Crippen LogP contribution is -2.42. The first-order valence-corrected chi connectivity index (χ1v) is 11.4.